The summed E-state index contributed by atoms with van der Waals surface area (Å²) in [6.07, 6.45) is 0.0500. The Hall–Kier alpha value is -2.27. The number of ketones is 1. The quantitative estimate of drug-likeness (QED) is 0.555. The molecule has 6 heteroatoms. The molecule has 0 saturated heterocycles. The molecule has 2 aromatic rings. The highest BCUT2D eigenvalue weighted by atomic mass is 35.5. The lowest BCUT2D eigenvalue weighted by molar-refractivity contribution is -0.142. The third kappa shape index (κ3) is 4.04. The summed E-state index contributed by atoms with van der Waals surface area (Å²) in [6.45, 7) is 6.19. The molecule has 0 unspecified atom stereocenters. The fraction of sp³-hybridized carbons (Fsp3) is 0.368. The Morgan fingerprint density at radius 1 is 1.12 bits per heavy atom. The number of aromatic nitrogens is 1. The predicted octanol–water partition coefficient (Wildman–Crippen LogP) is 3.72. The zero-order chi connectivity index (χ0) is 18.6. The molecule has 1 aromatic heterocycles. The van der Waals surface area contributed by atoms with Gasteiger partial charge >= 0.3 is 5.97 Å². The van der Waals surface area contributed by atoms with Crippen LogP contribution in [-0.2, 0) is 23.0 Å². The lowest BCUT2D eigenvalue weighted by Gasteiger charge is -2.09. The molecule has 5 nitrogen and oxygen atoms in total. The van der Waals surface area contributed by atoms with E-state index >= 15 is 0 Å². The maximum absolute atomic E-state index is 12.9. The van der Waals surface area contributed by atoms with E-state index in [9.17, 15) is 9.59 Å². The smallest absolute Gasteiger partial charge is 0.311 e. The van der Waals surface area contributed by atoms with Crippen molar-refractivity contribution in [2.24, 2.45) is 7.05 Å². The molecule has 0 N–H and O–H groups in total. The van der Waals surface area contributed by atoms with E-state index < -0.39 is 0 Å². The SMILES string of the molecule is CCOC(=O)Cc1c(OCC)c(C)c(C(=O)c2ccc(Cl)cc2)n1C. The summed E-state index contributed by atoms with van der Waals surface area (Å²) in [7, 11) is 1.76. The zero-order valence-electron chi connectivity index (χ0n) is 14.9. The van der Waals surface area contributed by atoms with E-state index in [1.54, 1.807) is 42.8 Å². The minimum atomic E-state index is -0.352. The molecule has 0 aliphatic carbocycles. The molecule has 0 radical (unpaired) electrons. The third-order valence-electron chi connectivity index (χ3n) is 3.93. The molecule has 1 aromatic carbocycles. The molecule has 1 heterocycles. The Balaban J connectivity index is 2.49. The molecule has 0 spiro atoms. The van der Waals surface area contributed by atoms with E-state index in [1.807, 2.05) is 13.8 Å². The van der Waals surface area contributed by atoms with E-state index in [0.29, 0.717) is 46.5 Å². The maximum Gasteiger partial charge on any atom is 0.311 e. The molecule has 0 fully saturated rings. The van der Waals surface area contributed by atoms with Gasteiger partial charge in [-0.1, -0.05) is 11.6 Å². The van der Waals surface area contributed by atoms with Crippen molar-refractivity contribution in [3.05, 3.63) is 51.8 Å². The topological polar surface area (TPSA) is 57.5 Å². The van der Waals surface area contributed by atoms with E-state index in [1.165, 1.54) is 0 Å². The minimum Gasteiger partial charge on any atom is -0.492 e. The summed E-state index contributed by atoms with van der Waals surface area (Å²) in [4.78, 5) is 24.9. The standard InChI is InChI=1S/C19H22ClNO4/c1-5-24-16(22)11-15-19(25-6-2)12(3)17(21(15)4)18(23)13-7-9-14(20)10-8-13/h7-10H,5-6,11H2,1-4H3. The number of hydrogen-bond donors (Lipinski definition) is 0. The van der Waals surface area contributed by atoms with Crippen LogP contribution in [0.1, 0.15) is 41.2 Å². The number of carbonyl (C=O) groups is 2. The van der Waals surface area contributed by atoms with Gasteiger partial charge in [-0.2, -0.15) is 0 Å². The van der Waals surface area contributed by atoms with Gasteiger partial charge in [0.15, 0.2) is 0 Å². The summed E-state index contributed by atoms with van der Waals surface area (Å²) in [5.41, 5.74) is 2.36. The van der Waals surface area contributed by atoms with E-state index in [0.717, 1.165) is 0 Å². The summed E-state index contributed by atoms with van der Waals surface area (Å²) in [6, 6.07) is 6.72. The molecule has 0 amide bonds. The van der Waals surface area contributed by atoms with Crippen molar-refractivity contribution in [1.82, 2.24) is 4.57 Å². The van der Waals surface area contributed by atoms with Gasteiger partial charge in [0.1, 0.15) is 5.75 Å². The van der Waals surface area contributed by atoms with Gasteiger partial charge in [0.2, 0.25) is 5.78 Å². The van der Waals surface area contributed by atoms with Gasteiger partial charge in [-0.3, -0.25) is 9.59 Å². The van der Waals surface area contributed by atoms with Crippen LogP contribution < -0.4 is 4.74 Å². The second-order valence-corrected chi connectivity index (χ2v) is 6.00. The van der Waals surface area contributed by atoms with Crippen LogP contribution in [0.25, 0.3) is 0 Å². The Morgan fingerprint density at radius 3 is 2.32 bits per heavy atom. The van der Waals surface area contributed by atoms with Crippen molar-refractivity contribution in [1.29, 1.82) is 0 Å². The molecule has 0 aliphatic heterocycles. The van der Waals surface area contributed by atoms with Crippen molar-refractivity contribution in [2.45, 2.75) is 27.2 Å². The molecule has 0 bridgehead atoms. The Kier molecular flexibility index (Phi) is 6.26. The first-order valence-corrected chi connectivity index (χ1v) is 8.55. The first-order chi connectivity index (χ1) is 11.9. The van der Waals surface area contributed by atoms with Crippen molar-refractivity contribution in [3.63, 3.8) is 0 Å². The van der Waals surface area contributed by atoms with Crippen molar-refractivity contribution >= 4 is 23.4 Å². The molecular formula is C19H22ClNO4. The molecule has 134 valence electrons. The van der Waals surface area contributed by atoms with Crippen molar-refractivity contribution in [2.75, 3.05) is 13.2 Å². The number of halogens is 1. The molecule has 0 aliphatic rings. The summed E-state index contributed by atoms with van der Waals surface area (Å²) < 4.78 is 12.5. The molecular weight excluding hydrogens is 342 g/mol. The summed E-state index contributed by atoms with van der Waals surface area (Å²) in [5, 5.41) is 0.568. The number of rotatable bonds is 7. The van der Waals surface area contributed by atoms with Crippen LogP contribution >= 0.6 is 11.6 Å². The minimum absolute atomic E-state index is 0.0500. The van der Waals surface area contributed by atoms with Gasteiger partial charge in [0.25, 0.3) is 0 Å². The van der Waals surface area contributed by atoms with Crippen LogP contribution in [0.2, 0.25) is 5.02 Å². The lowest BCUT2D eigenvalue weighted by Crippen LogP contribution is -2.14. The van der Waals surface area contributed by atoms with Crippen LogP contribution in [0.3, 0.4) is 0 Å². The van der Waals surface area contributed by atoms with Gasteiger partial charge in [0.05, 0.1) is 31.0 Å². The van der Waals surface area contributed by atoms with E-state index in [2.05, 4.69) is 0 Å². The summed E-state index contributed by atoms with van der Waals surface area (Å²) in [5.74, 6) is 0.0673. The van der Waals surface area contributed by atoms with E-state index in [-0.39, 0.29) is 18.2 Å². The highest BCUT2D eigenvalue weighted by molar-refractivity contribution is 6.30. The van der Waals surface area contributed by atoms with E-state index in [4.69, 9.17) is 21.1 Å². The second-order valence-electron chi connectivity index (χ2n) is 5.56. The van der Waals surface area contributed by atoms with Gasteiger partial charge in [-0.25, -0.2) is 0 Å². The lowest BCUT2D eigenvalue weighted by atomic mass is 10.1. The van der Waals surface area contributed by atoms with Gasteiger partial charge in [-0.15, -0.1) is 0 Å². The largest absolute Gasteiger partial charge is 0.492 e. The Bertz CT molecular complexity index is 778. The van der Waals surface area contributed by atoms with Crippen LogP contribution in [-0.4, -0.2) is 29.5 Å². The average Bonchev–Trinajstić information content (AvgIpc) is 2.80. The van der Waals surface area contributed by atoms with Crippen molar-refractivity contribution < 1.29 is 19.1 Å². The zero-order valence-corrected chi connectivity index (χ0v) is 15.6. The monoisotopic (exact) mass is 363 g/mol. The Labute approximate surface area is 152 Å². The predicted molar refractivity (Wildman–Crippen MR) is 96.5 cm³/mol. The van der Waals surface area contributed by atoms with Crippen molar-refractivity contribution in [3.8, 4) is 5.75 Å². The molecule has 25 heavy (non-hydrogen) atoms. The fourth-order valence-electron chi connectivity index (χ4n) is 2.81. The highest BCUT2D eigenvalue weighted by Crippen LogP contribution is 2.32. The molecule has 0 saturated carbocycles. The summed E-state index contributed by atoms with van der Waals surface area (Å²) >= 11 is 5.89. The molecule has 0 atom stereocenters. The second kappa shape index (κ2) is 8.21. The number of ether oxygens (including phenoxy) is 2. The molecule has 2 rings (SSSR count). The number of hydrogen-bond acceptors (Lipinski definition) is 4. The van der Waals surface area contributed by atoms with Crippen LogP contribution in [0, 0.1) is 6.92 Å². The number of nitrogens with zero attached hydrogens (tertiary/aromatic N) is 1. The van der Waals surface area contributed by atoms with Crippen LogP contribution in [0.15, 0.2) is 24.3 Å². The van der Waals surface area contributed by atoms with Gasteiger partial charge < -0.3 is 14.0 Å². The van der Waals surface area contributed by atoms with Gasteiger partial charge in [0, 0.05) is 23.2 Å². The first-order valence-electron chi connectivity index (χ1n) is 8.17. The third-order valence-corrected chi connectivity index (χ3v) is 4.18. The number of carbonyl (C=O) groups excluding carboxylic acids is 2. The Morgan fingerprint density at radius 2 is 1.76 bits per heavy atom. The normalized spacial score (nSPS) is 10.6. The fourth-order valence-corrected chi connectivity index (χ4v) is 2.93. The van der Waals surface area contributed by atoms with Gasteiger partial charge in [-0.05, 0) is 45.0 Å². The first kappa shape index (κ1) is 19.1. The van der Waals surface area contributed by atoms with Crippen LogP contribution in [0.4, 0.5) is 0 Å². The highest BCUT2D eigenvalue weighted by Gasteiger charge is 2.26. The van der Waals surface area contributed by atoms with Crippen LogP contribution in [0.5, 0.6) is 5.75 Å². The number of benzene rings is 1. The maximum atomic E-state index is 12.9. The number of esters is 1. The average molecular weight is 364 g/mol.